The fourth-order valence-electron chi connectivity index (χ4n) is 3.75. The molecule has 0 aromatic heterocycles. The van der Waals surface area contributed by atoms with Crippen LogP contribution in [0.3, 0.4) is 0 Å². The standard InChI is InChI=1S/C21H30N4O2/c1-5-6-9-19(21(26)22-3)25-16(2)20-17(15-27-25)8-7-10-18(20)24-13-11-23(4)12-14-24/h5,7-8,10,19H,1-2,6,9,11-15H2,3-4H3,(H,22,26). The van der Waals surface area contributed by atoms with Crippen LogP contribution < -0.4 is 10.2 Å². The fourth-order valence-corrected chi connectivity index (χ4v) is 3.75. The lowest BCUT2D eigenvalue weighted by Crippen LogP contribution is -2.47. The van der Waals surface area contributed by atoms with Gasteiger partial charge < -0.3 is 15.1 Å². The highest BCUT2D eigenvalue weighted by atomic mass is 16.7. The number of nitrogens with one attached hydrogen (secondary N) is 1. The van der Waals surface area contributed by atoms with Gasteiger partial charge in [-0.15, -0.1) is 6.58 Å². The van der Waals surface area contributed by atoms with Crippen LogP contribution in [0.4, 0.5) is 5.69 Å². The van der Waals surface area contributed by atoms with Crippen molar-refractivity contribution >= 4 is 17.3 Å². The zero-order valence-electron chi connectivity index (χ0n) is 16.4. The van der Waals surface area contributed by atoms with Crippen molar-refractivity contribution in [2.24, 2.45) is 0 Å². The number of benzene rings is 1. The number of carbonyl (C=O) groups is 1. The van der Waals surface area contributed by atoms with Gasteiger partial charge in [0.1, 0.15) is 12.6 Å². The molecule has 0 aliphatic carbocycles. The molecule has 1 saturated heterocycles. The average molecular weight is 370 g/mol. The lowest BCUT2D eigenvalue weighted by Gasteiger charge is -2.40. The van der Waals surface area contributed by atoms with E-state index in [1.54, 1.807) is 12.1 Å². The number of rotatable bonds is 6. The molecule has 0 bridgehead atoms. The summed E-state index contributed by atoms with van der Waals surface area (Å²) in [5.41, 5.74) is 4.15. The van der Waals surface area contributed by atoms with Crippen molar-refractivity contribution < 1.29 is 9.63 Å². The van der Waals surface area contributed by atoms with Crippen LogP contribution in [0, 0.1) is 0 Å². The summed E-state index contributed by atoms with van der Waals surface area (Å²) in [5.74, 6) is -0.0708. The number of likely N-dealkylation sites (N-methyl/N-ethyl adjacent to an activating group) is 2. The van der Waals surface area contributed by atoms with Gasteiger partial charge in [0.15, 0.2) is 0 Å². The van der Waals surface area contributed by atoms with Gasteiger partial charge in [-0.2, -0.15) is 0 Å². The van der Waals surface area contributed by atoms with Gasteiger partial charge in [-0.05, 0) is 31.5 Å². The summed E-state index contributed by atoms with van der Waals surface area (Å²) in [5, 5.41) is 4.45. The van der Waals surface area contributed by atoms with Gasteiger partial charge in [0, 0.05) is 44.5 Å². The summed E-state index contributed by atoms with van der Waals surface area (Å²) in [6.07, 6.45) is 3.19. The summed E-state index contributed by atoms with van der Waals surface area (Å²) >= 11 is 0. The maximum absolute atomic E-state index is 12.5. The first-order valence-electron chi connectivity index (χ1n) is 9.56. The average Bonchev–Trinajstić information content (AvgIpc) is 2.69. The molecule has 2 aliphatic heterocycles. The molecule has 1 N–H and O–H groups in total. The van der Waals surface area contributed by atoms with Gasteiger partial charge in [0.25, 0.3) is 0 Å². The van der Waals surface area contributed by atoms with Crippen LogP contribution in [0.15, 0.2) is 37.4 Å². The van der Waals surface area contributed by atoms with E-state index in [1.807, 2.05) is 6.08 Å². The number of anilines is 1. The van der Waals surface area contributed by atoms with E-state index in [0.29, 0.717) is 13.0 Å². The highest BCUT2D eigenvalue weighted by molar-refractivity contribution is 5.85. The Kier molecular flexibility index (Phi) is 6.19. The first-order chi connectivity index (χ1) is 13.1. The van der Waals surface area contributed by atoms with Crippen molar-refractivity contribution in [3.63, 3.8) is 0 Å². The molecule has 1 amide bonds. The maximum atomic E-state index is 12.5. The third-order valence-corrected chi connectivity index (χ3v) is 5.36. The summed E-state index contributed by atoms with van der Waals surface area (Å²) in [6.45, 7) is 12.6. The minimum atomic E-state index is -0.422. The number of piperazine rings is 1. The van der Waals surface area contributed by atoms with E-state index < -0.39 is 6.04 Å². The highest BCUT2D eigenvalue weighted by Crippen LogP contribution is 2.38. The molecule has 3 rings (SSSR count). The van der Waals surface area contributed by atoms with Crippen molar-refractivity contribution in [3.8, 4) is 0 Å². The van der Waals surface area contributed by atoms with E-state index in [-0.39, 0.29) is 5.91 Å². The molecular formula is C21H30N4O2. The van der Waals surface area contributed by atoms with Gasteiger partial charge in [-0.1, -0.05) is 24.8 Å². The van der Waals surface area contributed by atoms with E-state index in [9.17, 15) is 4.79 Å². The van der Waals surface area contributed by atoms with Gasteiger partial charge in [-0.25, -0.2) is 5.06 Å². The number of nitrogens with zero attached hydrogens (tertiary/aromatic N) is 3. The Hall–Kier alpha value is -2.31. The molecule has 1 aromatic rings. The van der Waals surface area contributed by atoms with Crippen molar-refractivity contribution in [1.82, 2.24) is 15.3 Å². The molecule has 0 saturated carbocycles. The number of amides is 1. The van der Waals surface area contributed by atoms with Gasteiger partial charge >= 0.3 is 0 Å². The molecule has 2 aliphatic rings. The largest absolute Gasteiger partial charge is 0.368 e. The fraction of sp³-hybridized carbons (Fsp3) is 0.476. The SMILES string of the molecule is C=CCCC(C(=O)NC)N1OCc2cccc(N3CCN(C)CC3)c2C1=C. The van der Waals surface area contributed by atoms with E-state index >= 15 is 0 Å². The lowest BCUT2D eigenvalue weighted by atomic mass is 9.98. The third-order valence-electron chi connectivity index (χ3n) is 5.36. The monoisotopic (exact) mass is 370 g/mol. The Morgan fingerprint density at radius 1 is 1.33 bits per heavy atom. The lowest BCUT2D eigenvalue weighted by molar-refractivity contribution is -0.168. The molecule has 6 nitrogen and oxygen atoms in total. The van der Waals surface area contributed by atoms with Gasteiger partial charge in [0.2, 0.25) is 5.91 Å². The molecule has 2 heterocycles. The van der Waals surface area contributed by atoms with Crippen molar-refractivity contribution in [2.45, 2.75) is 25.5 Å². The molecule has 1 fully saturated rings. The predicted molar refractivity (Wildman–Crippen MR) is 109 cm³/mol. The molecule has 146 valence electrons. The van der Waals surface area contributed by atoms with Crippen LogP contribution >= 0.6 is 0 Å². The van der Waals surface area contributed by atoms with Crippen LogP contribution in [-0.4, -0.2) is 62.2 Å². The Morgan fingerprint density at radius 3 is 2.74 bits per heavy atom. The molecule has 1 aromatic carbocycles. The Bertz CT molecular complexity index is 710. The molecule has 1 atom stereocenters. The zero-order valence-corrected chi connectivity index (χ0v) is 16.4. The molecule has 0 spiro atoms. The molecular weight excluding hydrogens is 340 g/mol. The quantitative estimate of drug-likeness (QED) is 0.779. The molecule has 27 heavy (non-hydrogen) atoms. The third kappa shape index (κ3) is 4.01. The van der Waals surface area contributed by atoms with Gasteiger partial charge in [0.05, 0.1) is 5.70 Å². The second-order valence-corrected chi connectivity index (χ2v) is 7.14. The van der Waals surface area contributed by atoms with E-state index in [4.69, 9.17) is 4.84 Å². The molecule has 1 unspecified atom stereocenters. The minimum Gasteiger partial charge on any atom is -0.368 e. The van der Waals surface area contributed by atoms with Crippen LogP contribution in [0.5, 0.6) is 0 Å². The first-order valence-corrected chi connectivity index (χ1v) is 9.56. The summed E-state index contributed by atoms with van der Waals surface area (Å²) in [4.78, 5) is 23.2. The van der Waals surface area contributed by atoms with Crippen LogP contribution in [0.2, 0.25) is 0 Å². The van der Waals surface area contributed by atoms with E-state index in [2.05, 4.69) is 53.5 Å². The number of hydrogen-bond donors (Lipinski definition) is 1. The number of allylic oxidation sites excluding steroid dienone is 1. The second-order valence-electron chi connectivity index (χ2n) is 7.14. The Balaban J connectivity index is 1.91. The van der Waals surface area contributed by atoms with Crippen molar-refractivity contribution in [1.29, 1.82) is 0 Å². The first kappa shape index (κ1) is 19.5. The minimum absolute atomic E-state index is 0.0708. The number of hydroxylamine groups is 2. The zero-order chi connectivity index (χ0) is 19.4. The van der Waals surface area contributed by atoms with Crippen LogP contribution in [0.25, 0.3) is 5.70 Å². The summed E-state index contributed by atoms with van der Waals surface area (Å²) in [6, 6.07) is 5.88. The highest BCUT2D eigenvalue weighted by Gasteiger charge is 2.33. The number of hydrogen-bond acceptors (Lipinski definition) is 5. The Morgan fingerprint density at radius 2 is 2.07 bits per heavy atom. The summed E-state index contributed by atoms with van der Waals surface area (Å²) in [7, 11) is 3.80. The van der Waals surface area contributed by atoms with Crippen LogP contribution in [0.1, 0.15) is 24.0 Å². The predicted octanol–water partition coefficient (Wildman–Crippen LogP) is 2.24. The van der Waals surface area contributed by atoms with Crippen molar-refractivity contribution in [2.75, 3.05) is 45.2 Å². The van der Waals surface area contributed by atoms with E-state index in [1.165, 1.54) is 5.69 Å². The van der Waals surface area contributed by atoms with Crippen molar-refractivity contribution in [3.05, 3.63) is 48.6 Å². The van der Waals surface area contributed by atoms with Gasteiger partial charge in [-0.3, -0.25) is 9.63 Å². The second kappa shape index (κ2) is 8.59. The number of fused-ring (bicyclic) bond motifs is 1. The smallest absolute Gasteiger partial charge is 0.245 e. The normalized spacial score (nSPS) is 18.8. The van der Waals surface area contributed by atoms with Crippen LogP contribution in [-0.2, 0) is 16.2 Å². The molecule has 6 heteroatoms. The molecule has 0 radical (unpaired) electrons. The summed E-state index contributed by atoms with van der Waals surface area (Å²) < 4.78 is 0. The Labute approximate surface area is 162 Å². The van der Waals surface area contributed by atoms with E-state index in [0.717, 1.165) is 49.4 Å². The number of carbonyl (C=O) groups excluding carboxylic acids is 1. The topological polar surface area (TPSA) is 48.1 Å². The maximum Gasteiger partial charge on any atom is 0.245 e.